The minimum atomic E-state index is -1.96. The van der Waals surface area contributed by atoms with E-state index in [1.54, 1.807) is 0 Å². The Labute approximate surface area is 184 Å². The van der Waals surface area contributed by atoms with Gasteiger partial charge in [0.1, 0.15) is 6.04 Å². The number of nitrogens with two attached hydrogens (primary N) is 1. The van der Waals surface area contributed by atoms with Gasteiger partial charge in [-0.05, 0) is 36.7 Å². The first-order chi connectivity index (χ1) is 14.5. The summed E-state index contributed by atoms with van der Waals surface area (Å²) in [4.78, 5) is 30.1. The van der Waals surface area contributed by atoms with Crippen LogP contribution < -0.4 is 11.1 Å². The number of carbonyl (C=O) groups excluding carboxylic acids is 2. The van der Waals surface area contributed by atoms with E-state index in [0.29, 0.717) is 18.6 Å². The van der Waals surface area contributed by atoms with Crippen molar-refractivity contribution in [1.29, 1.82) is 0 Å². The molecule has 0 radical (unpaired) electrons. The number of benzene rings is 2. The van der Waals surface area contributed by atoms with E-state index < -0.39 is 20.3 Å². The van der Waals surface area contributed by atoms with Gasteiger partial charge in [0.05, 0.1) is 16.6 Å². The summed E-state index contributed by atoms with van der Waals surface area (Å²) in [6.07, 6.45) is 0.328. The van der Waals surface area contributed by atoms with Crippen molar-refractivity contribution in [2.45, 2.75) is 51.4 Å². The van der Waals surface area contributed by atoms with E-state index in [1.165, 1.54) is 0 Å². The van der Waals surface area contributed by atoms with E-state index in [1.807, 2.05) is 48.5 Å². The average molecular weight is 438 g/mol. The van der Waals surface area contributed by atoms with Crippen molar-refractivity contribution in [3.8, 4) is 0 Å². The van der Waals surface area contributed by atoms with Crippen molar-refractivity contribution in [3.05, 3.63) is 54.1 Å². The van der Waals surface area contributed by atoms with Crippen molar-refractivity contribution in [2.24, 2.45) is 5.73 Å². The first-order valence-electron chi connectivity index (χ1n) is 10.5. The van der Waals surface area contributed by atoms with Crippen LogP contribution in [-0.4, -0.2) is 37.8 Å². The number of pyridine rings is 1. The minimum Gasteiger partial charge on any atom is -0.417 e. The number of hydrogen-bond acceptors (Lipinski definition) is 4. The minimum absolute atomic E-state index is 0.0628. The van der Waals surface area contributed by atoms with E-state index in [-0.39, 0.29) is 10.9 Å². The first-order valence-corrected chi connectivity index (χ1v) is 13.4. The molecule has 3 aromatic rings. The van der Waals surface area contributed by atoms with E-state index in [2.05, 4.69) is 44.2 Å². The summed E-state index contributed by atoms with van der Waals surface area (Å²) in [6, 6.07) is 14.2. The zero-order chi connectivity index (χ0) is 22.8. The third-order valence-corrected chi connectivity index (χ3v) is 10.7. The highest BCUT2D eigenvalue weighted by Gasteiger charge is 2.37. The number of rotatable bonds is 7. The number of amides is 2. The molecule has 1 heterocycles. The topological polar surface area (TPSA) is 94.3 Å². The molecule has 3 N–H and O–H groups in total. The molecule has 0 aliphatic carbocycles. The summed E-state index contributed by atoms with van der Waals surface area (Å²) >= 11 is 0. The number of fused-ring (bicyclic) bond motifs is 2. The molecule has 3 rings (SSSR count). The van der Waals surface area contributed by atoms with Gasteiger partial charge in [-0.25, -0.2) is 4.98 Å². The lowest BCUT2D eigenvalue weighted by molar-refractivity contribution is -0.120. The predicted octanol–water partition coefficient (Wildman–Crippen LogP) is 4.38. The number of nitrogens with zero attached hydrogens (tertiary/aromatic N) is 1. The van der Waals surface area contributed by atoms with Gasteiger partial charge in [0, 0.05) is 17.4 Å². The highest BCUT2D eigenvalue weighted by Crippen LogP contribution is 2.36. The second kappa shape index (κ2) is 8.76. The zero-order valence-corrected chi connectivity index (χ0v) is 19.9. The number of primary amides is 1. The van der Waals surface area contributed by atoms with Crippen LogP contribution in [0.2, 0.25) is 18.1 Å². The molecule has 0 spiro atoms. The van der Waals surface area contributed by atoms with Crippen LogP contribution in [0.4, 0.5) is 0 Å². The quantitative estimate of drug-likeness (QED) is 0.423. The van der Waals surface area contributed by atoms with Crippen LogP contribution in [-0.2, 0) is 9.22 Å². The second-order valence-electron chi connectivity index (χ2n) is 9.35. The molecule has 164 valence electrons. The Bertz CT molecular complexity index is 1070. The monoisotopic (exact) mass is 437 g/mol. The van der Waals surface area contributed by atoms with E-state index in [4.69, 9.17) is 10.2 Å². The van der Waals surface area contributed by atoms with Crippen molar-refractivity contribution in [3.63, 3.8) is 0 Å². The third-order valence-electron chi connectivity index (χ3n) is 6.14. The fourth-order valence-electron chi connectivity index (χ4n) is 3.25. The second-order valence-corrected chi connectivity index (χ2v) is 14.2. The first kappa shape index (κ1) is 22.9. The Morgan fingerprint density at radius 1 is 1.03 bits per heavy atom. The van der Waals surface area contributed by atoms with Crippen LogP contribution in [0.3, 0.4) is 0 Å². The smallest absolute Gasteiger partial charge is 0.253 e. The highest BCUT2D eigenvalue weighted by molar-refractivity contribution is 6.74. The number of nitrogens with one attached hydrogen (secondary N) is 1. The molecule has 0 saturated carbocycles. The maximum atomic E-state index is 13.3. The molecular weight excluding hydrogens is 406 g/mol. The molecule has 31 heavy (non-hydrogen) atoms. The van der Waals surface area contributed by atoms with Crippen molar-refractivity contribution < 1.29 is 14.0 Å². The molecule has 2 aromatic carbocycles. The van der Waals surface area contributed by atoms with E-state index in [9.17, 15) is 9.59 Å². The standard InChI is InChI=1S/C24H31N3O3Si/c1-24(2,3)31(4,5)30-15-14-20(22(25)28)27-23(29)21-16-10-6-8-12-18(16)26-19-13-9-7-11-17(19)21/h6-13,20H,14-15H2,1-5H3,(H2,25,28)(H,27,29)/t20-/m1/s1. The van der Waals surface area contributed by atoms with Gasteiger partial charge < -0.3 is 15.5 Å². The number of para-hydroxylation sites is 2. The molecule has 1 atom stereocenters. The van der Waals surface area contributed by atoms with E-state index in [0.717, 1.165) is 21.8 Å². The van der Waals surface area contributed by atoms with Gasteiger partial charge in [0.25, 0.3) is 5.91 Å². The van der Waals surface area contributed by atoms with Crippen LogP contribution in [0, 0.1) is 0 Å². The Hall–Kier alpha value is -2.77. The Kier molecular flexibility index (Phi) is 6.47. The van der Waals surface area contributed by atoms with Crippen LogP contribution in [0.1, 0.15) is 37.6 Å². The Morgan fingerprint density at radius 2 is 1.55 bits per heavy atom. The Morgan fingerprint density at radius 3 is 2.03 bits per heavy atom. The lowest BCUT2D eigenvalue weighted by Crippen LogP contribution is -2.47. The van der Waals surface area contributed by atoms with Crippen molar-refractivity contribution >= 4 is 41.9 Å². The van der Waals surface area contributed by atoms with E-state index >= 15 is 0 Å². The van der Waals surface area contributed by atoms with Gasteiger partial charge >= 0.3 is 0 Å². The predicted molar refractivity (Wildman–Crippen MR) is 127 cm³/mol. The maximum Gasteiger partial charge on any atom is 0.253 e. The number of carbonyl (C=O) groups is 2. The summed E-state index contributed by atoms with van der Waals surface area (Å²) in [5.41, 5.74) is 7.56. The molecule has 0 unspecified atom stereocenters. The molecule has 1 aromatic heterocycles. The molecule has 2 amide bonds. The third kappa shape index (κ3) is 4.94. The summed E-state index contributed by atoms with van der Waals surface area (Å²) in [5, 5.41) is 4.37. The zero-order valence-electron chi connectivity index (χ0n) is 18.9. The van der Waals surface area contributed by atoms with Gasteiger partial charge in [-0.1, -0.05) is 57.2 Å². The van der Waals surface area contributed by atoms with Gasteiger partial charge in [-0.15, -0.1) is 0 Å². The summed E-state index contributed by atoms with van der Waals surface area (Å²) in [6.45, 7) is 11.1. The molecule has 0 bridgehead atoms. The SMILES string of the molecule is CC(C)(C)[Si](C)(C)OCC[C@@H](NC(=O)c1c2ccccc2nc2ccccc12)C(N)=O. The normalized spacial score (nSPS) is 13.3. The molecule has 7 heteroatoms. The van der Waals surface area contributed by atoms with Gasteiger partial charge in [0.15, 0.2) is 8.32 Å². The summed E-state index contributed by atoms with van der Waals surface area (Å²) < 4.78 is 6.17. The molecule has 0 fully saturated rings. The Balaban J connectivity index is 1.86. The van der Waals surface area contributed by atoms with Gasteiger partial charge in [-0.2, -0.15) is 0 Å². The lowest BCUT2D eigenvalue weighted by atomic mass is 10.0. The number of hydrogen-bond donors (Lipinski definition) is 2. The van der Waals surface area contributed by atoms with Crippen molar-refractivity contribution in [2.75, 3.05) is 6.61 Å². The molecule has 6 nitrogen and oxygen atoms in total. The molecule has 0 aliphatic heterocycles. The van der Waals surface area contributed by atoms with Crippen LogP contribution in [0.5, 0.6) is 0 Å². The lowest BCUT2D eigenvalue weighted by Gasteiger charge is -2.36. The number of aromatic nitrogens is 1. The average Bonchev–Trinajstić information content (AvgIpc) is 2.70. The van der Waals surface area contributed by atoms with Gasteiger partial charge in [-0.3, -0.25) is 9.59 Å². The van der Waals surface area contributed by atoms with Crippen LogP contribution >= 0.6 is 0 Å². The largest absolute Gasteiger partial charge is 0.417 e. The fourth-order valence-corrected chi connectivity index (χ4v) is 4.31. The fraction of sp³-hybridized carbons (Fsp3) is 0.375. The maximum absolute atomic E-state index is 13.3. The van der Waals surface area contributed by atoms with Gasteiger partial charge in [0.2, 0.25) is 5.91 Å². The summed E-state index contributed by atoms with van der Waals surface area (Å²) in [7, 11) is -1.96. The van der Waals surface area contributed by atoms with Crippen LogP contribution in [0.25, 0.3) is 21.8 Å². The molecular formula is C24H31N3O3Si. The summed E-state index contributed by atoms with van der Waals surface area (Å²) in [5.74, 6) is -0.916. The van der Waals surface area contributed by atoms with Crippen LogP contribution in [0.15, 0.2) is 48.5 Å². The molecule has 0 saturated heterocycles. The molecule has 0 aliphatic rings. The highest BCUT2D eigenvalue weighted by atomic mass is 28.4. The van der Waals surface area contributed by atoms with Crippen molar-refractivity contribution in [1.82, 2.24) is 10.3 Å².